The third kappa shape index (κ3) is 3.89. The molecule has 0 aliphatic carbocycles. The molecule has 2 aromatic rings. The minimum Gasteiger partial charge on any atom is -0.368 e. The van der Waals surface area contributed by atoms with E-state index in [2.05, 4.69) is 15.3 Å². The number of carbonyl (C=O) groups is 1. The first kappa shape index (κ1) is 15.2. The first-order valence-electron chi connectivity index (χ1n) is 5.67. The fourth-order valence-corrected chi connectivity index (χ4v) is 2.29. The van der Waals surface area contributed by atoms with Gasteiger partial charge in [-0.1, -0.05) is 17.7 Å². The number of nitrogen functional groups attached to an aromatic ring is 1. The Labute approximate surface area is 126 Å². The number of aromatic nitrogens is 2. The summed E-state index contributed by atoms with van der Waals surface area (Å²) in [4.78, 5) is 19.4. The number of nitrogens with zero attached hydrogens (tertiary/aromatic N) is 2. The number of amides is 1. The number of anilines is 2. The van der Waals surface area contributed by atoms with Gasteiger partial charge in [-0.15, -0.1) is 0 Å². The molecule has 2 rings (SSSR count). The van der Waals surface area contributed by atoms with Crippen molar-refractivity contribution in [2.45, 2.75) is 5.03 Å². The maximum absolute atomic E-state index is 12.0. The molecule has 1 aromatic carbocycles. The van der Waals surface area contributed by atoms with Crippen molar-refractivity contribution in [1.29, 1.82) is 0 Å². The maximum atomic E-state index is 12.0. The zero-order valence-electron chi connectivity index (χ0n) is 10.9. The second kappa shape index (κ2) is 5.66. The highest BCUT2D eigenvalue weighted by atomic mass is 35.5. The van der Waals surface area contributed by atoms with Crippen LogP contribution in [0, 0.1) is 0 Å². The third-order valence-electron chi connectivity index (χ3n) is 2.43. The average molecular weight is 327 g/mol. The second-order valence-electron chi connectivity index (χ2n) is 4.19. The first-order valence-corrected chi connectivity index (χ1v) is 7.94. The van der Waals surface area contributed by atoms with Gasteiger partial charge < -0.3 is 11.1 Å². The molecule has 1 amide bonds. The van der Waals surface area contributed by atoms with Crippen LogP contribution in [0.2, 0.25) is 5.02 Å². The molecule has 9 heteroatoms. The summed E-state index contributed by atoms with van der Waals surface area (Å²) in [5.41, 5.74) is 5.74. The van der Waals surface area contributed by atoms with Crippen molar-refractivity contribution in [3.63, 3.8) is 0 Å². The molecule has 1 heterocycles. The Hall–Kier alpha value is -2.19. The van der Waals surface area contributed by atoms with E-state index in [1.54, 1.807) is 18.2 Å². The number of nitrogens with one attached hydrogen (secondary N) is 1. The largest absolute Gasteiger partial charge is 0.368 e. The van der Waals surface area contributed by atoms with E-state index in [0.29, 0.717) is 10.6 Å². The number of carbonyl (C=O) groups excluding carboxylic acids is 1. The number of benzene rings is 1. The molecule has 0 saturated carbocycles. The van der Waals surface area contributed by atoms with E-state index in [1.165, 1.54) is 6.07 Å². The molecule has 0 aliphatic rings. The van der Waals surface area contributed by atoms with E-state index in [1.807, 2.05) is 0 Å². The Morgan fingerprint density at radius 2 is 2.00 bits per heavy atom. The molecule has 0 bridgehead atoms. The Morgan fingerprint density at radius 1 is 1.29 bits per heavy atom. The highest BCUT2D eigenvalue weighted by Gasteiger charge is 2.14. The van der Waals surface area contributed by atoms with Gasteiger partial charge in [-0.2, -0.15) is 4.98 Å². The summed E-state index contributed by atoms with van der Waals surface area (Å²) >= 11 is 5.80. The van der Waals surface area contributed by atoms with Crippen LogP contribution in [-0.4, -0.2) is 30.5 Å². The third-order valence-corrected chi connectivity index (χ3v) is 3.63. The summed E-state index contributed by atoms with van der Waals surface area (Å²) in [6.07, 6.45) is 0.983. The maximum Gasteiger partial charge on any atom is 0.256 e. The quantitative estimate of drug-likeness (QED) is 0.823. The average Bonchev–Trinajstić information content (AvgIpc) is 2.37. The zero-order valence-corrected chi connectivity index (χ0v) is 12.4. The molecule has 110 valence electrons. The second-order valence-corrected chi connectivity index (χ2v) is 6.59. The van der Waals surface area contributed by atoms with Crippen LogP contribution in [0.3, 0.4) is 0 Å². The fraction of sp³-hybridized carbons (Fsp3) is 0.0833. The first-order chi connectivity index (χ1) is 9.75. The minimum atomic E-state index is -3.56. The van der Waals surface area contributed by atoms with Gasteiger partial charge in [0.15, 0.2) is 14.9 Å². The highest BCUT2D eigenvalue weighted by molar-refractivity contribution is 7.90. The molecule has 0 fully saturated rings. The van der Waals surface area contributed by atoms with E-state index in [9.17, 15) is 13.2 Å². The summed E-state index contributed by atoms with van der Waals surface area (Å²) < 4.78 is 22.9. The van der Waals surface area contributed by atoms with Crippen LogP contribution in [0.15, 0.2) is 35.4 Å². The van der Waals surface area contributed by atoms with Crippen LogP contribution < -0.4 is 11.1 Å². The van der Waals surface area contributed by atoms with E-state index < -0.39 is 15.7 Å². The molecule has 0 saturated heterocycles. The lowest BCUT2D eigenvalue weighted by atomic mass is 10.2. The molecule has 3 N–H and O–H groups in total. The van der Waals surface area contributed by atoms with Crippen molar-refractivity contribution in [2.24, 2.45) is 0 Å². The lowest BCUT2D eigenvalue weighted by Gasteiger charge is -2.07. The molecule has 0 radical (unpaired) electrons. The predicted molar refractivity (Wildman–Crippen MR) is 79.0 cm³/mol. The monoisotopic (exact) mass is 326 g/mol. The SMILES string of the molecule is CS(=O)(=O)c1cc(NC(=O)c2cccc(Cl)c2)nc(N)n1. The van der Waals surface area contributed by atoms with Crippen molar-refractivity contribution in [2.75, 3.05) is 17.3 Å². The molecule has 0 spiro atoms. The van der Waals surface area contributed by atoms with Gasteiger partial charge in [0.2, 0.25) is 5.95 Å². The Balaban J connectivity index is 2.32. The van der Waals surface area contributed by atoms with E-state index in [4.69, 9.17) is 17.3 Å². The fourth-order valence-electron chi connectivity index (χ4n) is 1.52. The van der Waals surface area contributed by atoms with Gasteiger partial charge in [0, 0.05) is 22.9 Å². The van der Waals surface area contributed by atoms with Crippen LogP contribution in [-0.2, 0) is 9.84 Å². The van der Waals surface area contributed by atoms with Gasteiger partial charge in [0.25, 0.3) is 5.91 Å². The standard InChI is InChI=1S/C12H11ClN4O3S/c1-21(19,20)10-6-9(16-12(14)17-10)15-11(18)7-3-2-4-8(13)5-7/h2-6H,1H3,(H3,14,15,16,17,18). The van der Waals surface area contributed by atoms with Gasteiger partial charge in [-0.3, -0.25) is 4.79 Å². The van der Waals surface area contributed by atoms with Crippen LogP contribution in [0.25, 0.3) is 0 Å². The molecular formula is C12H11ClN4O3S. The van der Waals surface area contributed by atoms with Gasteiger partial charge in [0.1, 0.15) is 5.82 Å². The molecular weight excluding hydrogens is 316 g/mol. The van der Waals surface area contributed by atoms with Crippen LogP contribution in [0.1, 0.15) is 10.4 Å². The number of hydrogen-bond acceptors (Lipinski definition) is 6. The molecule has 0 unspecified atom stereocenters. The van der Waals surface area contributed by atoms with Gasteiger partial charge >= 0.3 is 0 Å². The smallest absolute Gasteiger partial charge is 0.256 e. The van der Waals surface area contributed by atoms with Gasteiger partial charge in [-0.05, 0) is 18.2 Å². The summed E-state index contributed by atoms with van der Waals surface area (Å²) in [6, 6.07) is 7.41. The highest BCUT2D eigenvalue weighted by Crippen LogP contribution is 2.15. The van der Waals surface area contributed by atoms with E-state index in [0.717, 1.165) is 12.3 Å². The molecule has 0 atom stereocenters. The lowest BCUT2D eigenvalue weighted by molar-refractivity contribution is 0.102. The van der Waals surface area contributed by atoms with Gasteiger partial charge in [0.05, 0.1) is 0 Å². The summed E-state index contributed by atoms with van der Waals surface area (Å²) in [7, 11) is -3.56. The Morgan fingerprint density at radius 3 is 2.62 bits per heavy atom. The summed E-state index contributed by atoms with van der Waals surface area (Å²) in [5, 5.41) is 2.58. The van der Waals surface area contributed by atoms with Crippen molar-refractivity contribution >= 4 is 39.1 Å². The van der Waals surface area contributed by atoms with Crippen LogP contribution in [0.5, 0.6) is 0 Å². The Kier molecular flexibility index (Phi) is 4.10. The zero-order chi connectivity index (χ0) is 15.6. The Bertz CT molecular complexity index is 808. The number of nitrogens with two attached hydrogens (primary N) is 1. The lowest BCUT2D eigenvalue weighted by Crippen LogP contribution is -2.15. The molecule has 7 nitrogen and oxygen atoms in total. The van der Waals surface area contributed by atoms with Crippen molar-refractivity contribution < 1.29 is 13.2 Å². The number of hydrogen-bond donors (Lipinski definition) is 2. The van der Waals surface area contributed by atoms with Crippen molar-refractivity contribution in [3.8, 4) is 0 Å². The number of sulfone groups is 1. The van der Waals surface area contributed by atoms with Gasteiger partial charge in [-0.25, -0.2) is 13.4 Å². The van der Waals surface area contributed by atoms with Crippen molar-refractivity contribution in [1.82, 2.24) is 9.97 Å². The van der Waals surface area contributed by atoms with E-state index in [-0.39, 0.29) is 16.8 Å². The topological polar surface area (TPSA) is 115 Å². The molecule has 21 heavy (non-hydrogen) atoms. The van der Waals surface area contributed by atoms with E-state index >= 15 is 0 Å². The number of rotatable bonds is 3. The number of halogens is 1. The molecule has 1 aromatic heterocycles. The van der Waals surface area contributed by atoms with Crippen molar-refractivity contribution in [3.05, 3.63) is 40.9 Å². The normalized spacial score (nSPS) is 11.1. The molecule has 0 aliphatic heterocycles. The van der Waals surface area contributed by atoms with Crippen LogP contribution >= 0.6 is 11.6 Å². The predicted octanol–water partition coefficient (Wildman–Crippen LogP) is 1.37. The minimum absolute atomic E-state index is 0.00657. The van der Waals surface area contributed by atoms with Crippen LogP contribution in [0.4, 0.5) is 11.8 Å². The summed E-state index contributed by atoms with van der Waals surface area (Å²) in [6.45, 7) is 0. The summed E-state index contributed by atoms with van der Waals surface area (Å²) in [5.74, 6) is -0.748.